The lowest BCUT2D eigenvalue weighted by Crippen LogP contribution is -2.28. The van der Waals surface area contributed by atoms with Crippen LogP contribution in [0.15, 0.2) is 12.1 Å². The number of phenols is 1. The molecule has 2 rings (SSSR count). The van der Waals surface area contributed by atoms with E-state index in [0.29, 0.717) is 24.3 Å². The minimum Gasteiger partial charge on any atom is -0.508 e. The summed E-state index contributed by atoms with van der Waals surface area (Å²) in [4.78, 5) is 2.25. The fraction of sp³-hybridized carbons (Fsp3) is 0.571. The molecule has 0 saturated heterocycles. The van der Waals surface area contributed by atoms with Crippen LogP contribution >= 0.6 is 0 Å². The van der Waals surface area contributed by atoms with Gasteiger partial charge in [0.05, 0.1) is 0 Å². The van der Waals surface area contributed by atoms with Crippen molar-refractivity contribution in [2.45, 2.75) is 32.2 Å². The van der Waals surface area contributed by atoms with Gasteiger partial charge in [-0.15, -0.1) is 0 Å². The largest absolute Gasteiger partial charge is 0.508 e. The standard InChI is InChI=1S/C14H22N2O/c1-9-4-5-12(17)14-11(16(3)7-6-15)8-10(2)13(9)14/h4-5,10-11,17H,6-8,15H2,1-3H3. The number of nitrogens with zero attached hydrogens (tertiary/aromatic N) is 1. The van der Waals surface area contributed by atoms with E-state index in [9.17, 15) is 5.11 Å². The second-order valence-corrected chi connectivity index (χ2v) is 5.15. The van der Waals surface area contributed by atoms with Gasteiger partial charge in [0.15, 0.2) is 0 Å². The molecule has 3 nitrogen and oxygen atoms in total. The van der Waals surface area contributed by atoms with Gasteiger partial charge in [-0.1, -0.05) is 13.0 Å². The molecule has 1 aliphatic rings. The van der Waals surface area contributed by atoms with E-state index in [-0.39, 0.29) is 0 Å². The molecule has 0 radical (unpaired) electrons. The van der Waals surface area contributed by atoms with Crippen molar-refractivity contribution in [2.75, 3.05) is 20.1 Å². The first-order valence-corrected chi connectivity index (χ1v) is 6.29. The summed E-state index contributed by atoms with van der Waals surface area (Å²) in [5, 5.41) is 10.1. The summed E-state index contributed by atoms with van der Waals surface area (Å²) in [6.45, 7) is 5.88. The highest BCUT2D eigenvalue weighted by molar-refractivity contribution is 5.50. The highest BCUT2D eigenvalue weighted by Crippen LogP contribution is 2.47. The summed E-state index contributed by atoms with van der Waals surface area (Å²) in [7, 11) is 2.08. The second kappa shape index (κ2) is 4.67. The van der Waals surface area contributed by atoms with Crippen molar-refractivity contribution >= 4 is 0 Å². The zero-order chi connectivity index (χ0) is 12.6. The Kier molecular flexibility index (Phi) is 3.40. The second-order valence-electron chi connectivity index (χ2n) is 5.15. The van der Waals surface area contributed by atoms with E-state index < -0.39 is 0 Å². The third-order valence-corrected chi connectivity index (χ3v) is 3.90. The molecule has 0 saturated carbocycles. The maximum atomic E-state index is 10.1. The Balaban J connectivity index is 2.42. The third-order valence-electron chi connectivity index (χ3n) is 3.90. The first-order chi connectivity index (χ1) is 8.06. The molecule has 0 spiro atoms. The van der Waals surface area contributed by atoms with Crippen molar-refractivity contribution in [3.05, 3.63) is 28.8 Å². The van der Waals surface area contributed by atoms with E-state index in [4.69, 9.17) is 5.73 Å². The number of aromatic hydroxyl groups is 1. The molecule has 3 heteroatoms. The van der Waals surface area contributed by atoms with Crippen LogP contribution in [-0.2, 0) is 0 Å². The number of likely N-dealkylation sites (N-methyl/N-ethyl adjacent to an activating group) is 1. The predicted octanol–water partition coefficient (Wildman–Crippen LogP) is 2.14. The molecule has 2 atom stereocenters. The number of hydrogen-bond acceptors (Lipinski definition) is 3. The Morgan fingerprint density at radius 2 is 2.12 bits per heavy atom. The Morgan fingerprint density at radius 1 is 1.41 bits per heavy atom. The summed E-state index contributed by atoms with van der Waals surface area (Å²) in [6, 6.07) is 4.13. The molecule has 2 unspecified atom stereocenters. The van der Waals surface area contributed by atoms with Crippen molar-refractivity contribution in [3.63, 3.8) is 0 Å². The Morgan fingerprint density at radius 3 is 2.76 bits per heavy atom. The lowest BCUT2D eigenvalue weighted by Gasteiger charge is -2.25. The van der Waals surface area contributed by atoms with Gasteiger partial charge in [-0.3, -0.25) is 4.90 Å². The van der Waals surface area contributed by atoms with Crippen LogP contribution in [0.2, 0.25) is 0 Å². The van der Waals surface area contributed by atoms with E-state index in [1.807, 2.05) is 12.1 Å². The van der Waals surface area contributed by atoms with Gasteiger partial charge < -0.3 is 10.8 Å². The number of hydrogen-bond donors (Lipinski definition) is 2. The zero-order valence-electron chi connectivity index (χ0n) is 10.9. The number of nitrogens with two attached hydrogens (primary N) is 1. The summed E-state index contributed by atoms with van der Waals surface area (Å²) < 4.78 is 0. The molecule has 1 aromatic rings. The minimum absolute atomic E-state index is 0.309. The Hall–Kier alpha value is -1.06. The van der Waals surface area contributed by atoms with Crippen LogP contribution in [-0.4, -0.2) is 30.1 Å². The van der Waals surface area contributed by atoms with E-state index in [1.54, 1.807) is 0 Å². The highest BCUT2D eigenvalue weighted by atomic mass is 16.3. The fourth-order valence-corrected chi connectivity index (χ4v) is 3.07. The average Bonchev–Trinajstić information content (AvgIpc) is 2.63. The summed E-state index contributed by atoms with van der Waals surface area (Å²) >= 11 is 0. The molecule has 3 N–H and O–H groups in total. The number of phenolic OH excluding ortho intramolecular Hbond substituents is 1. The molecule has 0 bridgehead atoms. The van der Waals surface area contributed by atoms with Crippen molar-refractivity contribution < 1.29 is 5.11 Å². The van der Waals surface area contributed by atoms with Crippen LogP contribution in [0, 0.1) is 6.92 Å². The van der Waals surface area contributed by atoms with Crippen molar-refractivity contribution in [1.29, 1.82) is 0 Å². The lowest BCUT2D eigenvalue weighted by molar-refractivity contribution is 0.241. The van der Waals surface area contributed by atoms with Gasteiger partial charge in [0.25, 0.3) is 0 Å². The van der Waals surface area contributed by atoms with Crippen LogP contribution < -0.4 is 5.73 Å². The van der Waals surface area contributed by atoms with Gasteiger partial charge in [0.1, 0.15) is 5.75 Å². The lowest BCUT2D eigenvalue weighted by atomic mass is 9.97. The number of fused-ring (bicyclic) bond motifs is 1. The molecule has 0 aromatic heterocycles. The summed E-state index contributed by atoms with van der Waals surface area (Å²) in [6.07, 6.45) is 1.07. The molecule has 0 heterocycles. The predicted molar refractivity (Wildman–Crippen MR) is 70.3 cm³/mol. The molecule has 0 amide bonds. The first kappa shape index (κ1) is 12.4. The van der Waals surface area contributed by atoms with Crippen molar-refractivity contribution in [2.24, 2.45) is 5.73 Å². The third kappa shape index (κ3) is 2.05. The van der Waals surface area contributed by atoms with E-state index in [2.05, 4.69) is 25.8 Å². The topological polar surface area (TPSA) is 49.5 Å². The molecule has 17 heavy (non-hydrogen) atoms. The van der Waals surface area contributed by atoms with Crippen LogP contribution in [0.1, 0.15) is 42.0 Å². The van der Waals surface area contributed by atoms with Crippen molar-refractivity contribution in [3.8, 4) is 5.75 Å². The van der Waals surface area contributed by atoms with E-state index in [0.717, 1.165) is 18.5 Å². The Labute approximate surface area is 103 Å². The molecular formula is C14H22N2O. The van der Waals surface area contributed by atoms with E-state index in [1.165, 1.54) is 11.1 Å². The normalized spacial score (nSPS) is 23.1. The van der Waals surface area contributed by atoms with Crippen molar-refractivity contribution in [1.82, 2.24) is 4.90 Å². The fourth-order valence-electron chi connectivity index (χ4n) is 3.07. The number of rotatable bonds is 3. The average molecular weight is 234 g/mol. The molecule has 0 fully saturated rings. The highest BCUT2D eigenvalue weighted by Gasteiger charge is 2.34. The minimum atomic E-state index is 0.309. The molecule has 1 aromatic carbocycles. The monoisotopic (exact) mass is 234 g/mol. The van der Waals surface area contributed by atoms with E-state index >= 15 is 0 Å². The van der Waals surface area contributed by atoms with Gasteiger partial charge in [-0.25, -0.2) is 0 Å². The molecule has 94 valence electrons. The number of benzene rings is 1. The van der Waals surface area contributed by atoms with Crippen LogP contribution in [0.4, 0.5) is 0 Å². The van der Waals surface area contributed by atoms with Gasteiger partial charge in [0.2, 0.25) is 0 Å². The van der Waals surface area contributed by atoms with Crippen LogP contribution in [0.5, 0.6) is 5.75 Å². The maximum absolute atomic E-state index is 10.1. The van der Waals surface area contributed by atoms with Gasteiger partial charge >= 0.3 is 0 Å². The quantitative estimate of drug-likeness (QED) is 0.842. The SMILES string of the molecule is Cc1ccc(O)c2c1C(C)CC2N(C)CCN. The smallest absolute Gasteiger partial charge is 0.120 e. The van der Waals surface area contributed by atoms with Gasteiger partial charge in [0, 0.05) is 24.7 Å². The molecular weight excluding hydrogens is 212 g/mol. The molecule has 0 aliphatic heterocycles. The Bertz CT molecular complexity index is 417. The molecule has 1 aliphatic carbocycles. The van der Waals surface area contributed by atoms with Gasteiger partial charge in [-0.2, -0.15) is 0 Å². The van der Waals surface area contributed by atoms with Crippen LogP contribution in [0.3, 0.4) is 0 Å². The zero-order valence-corrected chi connectivity index (χ0v) is 10.9. The summed E-state index contributed by atoms with van der Waals surface area (Å²) in [5.41, 5.74) is 9.35. The number of aryl methyl sites for hydroxylation is 1. The summed E-state index contributed by atoms with van der Waals surface area (Å²) in [5.74, 6) is 0.950. The van der Waals surface area contributed by atoms with Crippen LogP contribution in [0.25, 0.3) is 0 Å². The maximum Gasteiger partial charge on any atom is 0.120 e. The first-order valence-electron chi connectivity index (χ1n) is 6.29. The van der Waals surface area contributed by atoms with Gasteiger partial charge in [-0.05, 0) is 43.5 Å².